The van der Waals surface area contributed by atoms with Gasteiger partial charge in [-0.1, -0.05) is 35.4 Å². The Balaban J connectivity index is 1.19. The van der Waals surface area contributed by atoms with Crippen molar-refractivity contribution in [3.8, 4) is 5.75 Å². The van der Waals surface area contributed by atoms with E-state index in [1.807, 2.05) is 0 Å². The van der Waals surface area contributed by atoms with Crippen LogP contribution >= 0.6 is 23.2 Å². The molecule has 0 N–H and O–H groups in total. The molecule has 2 aromatic rings. The first-order chi connectivity index (χ1) is 15.8. The zero-order valence-corrected chi connectivity index (χ0v) is 18.7. The second kappa shape index (κ2) is 7.40. The van der Waals surface area contributed by atoms with Crippen LogP contribution in [0.3, 0.4) is 0 Å². The summed E-state index contributed by atoms with van der Waals surface area (Å²) in [5, 5.41) is 0.644. The first-order valence-electron chi connectivity index (χ1n) is 10.8. The molecule has 1 heterocycles. The van der Waals surface area contributed by atoms with E-state index in [0.717, 1.165) is 17.4 Å². The van der Waals surface area contributed by atoms with Gasteiger partial charge in [-0.15, -0.1) is 0 Å². The number of carbonyl (C=O) groups excluding carboxylic acids is 3. The number of amides is 2. The van der Waals surface area contributed by atoms with Crippen LogP contribution in [0.1, 0.15) is 16.8 Å². The van der Waals surface area contributed by atoms with Crippen LogP contribution in [-0.2, 0) is 9.59 Å². The Morgan fingerprint density at radius 2 is 1.58 bits per heavy atom. The summed E-state index contributed by atoms with van der Waals surface area (Å²) in [6.07, 6.45) is 5.22. The summed E-state index contributed by atoms with van der Waals surface area (Å²) in [7, 11) is 0. The van der Waals surface area contributed by atoms with Gasteiger partial charge >= 0.3 is 0 Å². The number of carbonyl (C=O) groups is 3. The van der Waals surface area contributed by atoms with E-state index in [1.54, 1.807) is 0 Å². The lowest BCUT2D eigenvalue weighted by molar-refractivity contribution is -0.124. The Morgan fingerprint density at radius 1 is 0.970 bits per heavy atom. The first kappa shape index (κ1) is 20.9. The van der Waals surface area contributed by atoms with Gasteiger partial charge in [0.1, 0.15) is 5.75 Å². The molecule has 8 heteroatoms. The lowest BCUT2D eigenvalue weighted by Crippen LogP contribution is -2.40. The number of nitrogens with zero attached hydrogens (tertiary/aromatic N) is 1. The molecule has 2 amide bonds. The Morgan fingerprint density at radius 3 is 2.15 bits per heavy atom. The van der Waals surface area contributed by atoms with Crippen LogP contribution in [0.5, 0.6) is 5.75 Å². The van der Waals surface area contributed by atoms with Gasteiger partial charge in [-0.3, -0.25) is 14.4 Å². The smallest absolute Gasteiger partial charge is 0.238 e. The monoisotopic (exact) mass is 485 g/mol. The highest BCUT2D eigenvalue weighted by Crippen LogP contribution is 2.65. The SMILES string of the molecule is O=C(COc1ccc(N2C(=O)[C@@H]3[C@@H]4C=C[C@@H]([C@H]5C[C@@H]45)[C@@H]3C2=O)c(F)c1)c1cc(Cl)cc(Cl)c1. The van der Waals surface area contributed by atoms with Crippen molar-refractivity contribution in [2.75, 3.05) is 11.5 Å². The van der Waals surface area contributed by atoms with Crippen molar-refractivity contribution in [1.29, 1.82) is 0 Å². The van der Waals surface area contributed by atoms with E-state index < -0.39 is 17.7 Å². The molecule has 0 radical (unpaired) electrons. The predicted octanol–water partition coefficient (Wildman–Crippen LogP) is 4.95. The summed E-state index contributed by atoms with van der Waals surface area (Å²) in [4.78, 5) is 39.7. The molecule has 4 aliphatic carbocycles. The number of ether oxygens (including phenoxy) is 1. The minimum absolute atomic E-state index is 0.0723. The molecule has 168 valence electrons. The second-order valence-corrected chi connectivity index (χ2v) is 10.0. The van der Waals surface area contributed by atoms with Gasteiger partial charge in [0.05, 0.1) is 17.5 Å². The van der Waals surface area contributed by atoms with Crippen LogP contribution in [0.15, 0.2) is 48.6 Å². The largest absolute Gasteiger partial charge is 0.485 e. The minimum atomic E-state index is -0.753. The van der Waals surface area contributed by atoms with Crippen LogP contribution in [0, 0.1) is 41.3 Å². The van der Waals surface area contributed by atoms with E-state index in [0.29, 0.717) is 21.9 Å². The van der Waals surface area contributed by atoms with Crippen molar-refractivity contribution in [3.63, 3.8) is 0 Å². The molecule has 0 spiro atoms. The Bertz CT molecular complexity index is 1200. The molecular weight excluding hydrogens is 468 g/mol. The highest BCUT2D eigenvalue weighted by molar-refractivity contribution is 6.35. The van der Waals surface area contributed by atoms with Gasteiger partial charge in [-0.25, -0.2) is 9.29 Å². The number of halogens is 3. The zero-order valence-electron chi connectivity index (χ0n) is 17.2. The maximum atomic E-state index is 15.0. The van der Waals surface area contributed by atoms with Crippen LogP contribution < -0.4 is 9.64 Å². The third kappa shape index (κ3) is 3.22. The number of Topliss-reactive ketones (excluding diaryl/α,β-unsaturated/α-hetero) is 1. The molecule has 2 bridgehead atoms. The van der Waals surface area contributed by atoms with Crippen molar-refractivity contribution in [2.45, 2.75) is 6.42 Å². The molecule has 7 rings (SSSR count). The molecule has 1 aliphatic heterocycles. The van der Waals surface area contributed by atoms with Crippen molar-refractivity contribution >= 4 is 46.5 Å². The molecule has 5 aliphatic rings. The third-order valence-corrected chi connectivity index (χ3v) is 7.81. The summed E-state index contributed by atoms with van der Waals surface area (Å²) >= 11 is 11.8. The normalized spacial score (nSPS) is 30.9. The maximum Gasteiger partial charge on any atom is 0.238 e. The van der Waals surface area contributed by atoms with Crippen LogP contribution in [-0.4, -0.2) is 24.2 Å². The van der Waals surface area contributed by atoms with E-state index in [4.69, 9.17) is 27.9 Å². The number of benzene rings is 2. The molecule has 2 saturated carbocycles. The van der Waals surface area contributed by atoms with Crippen LogP contribution in [0.25, 0.3) is 0 Å². The number of rotatable bonds is 5. The first-order valence-corrected chi connectivity index (χ1v) is 11.6. The zero-order chi connectivity index (χ0) is 23.0. The van der Waals surface area contributed by atoms with Crippen LogP contribution in [0.4, 0.5) is 10.1 Å². The summed E-state index contributed by atoms with van der Waals surface area (Å²) in [6.45, 7) is -0.348. The number of hydrogen-bond donors (Lipinski definition) is 0. The van der Waals surface area contributed by atoms with Gasteiger partial charge in [0.15, 0.2) is 18.2 Å². The van der Waals surface area contributed by atoms with Crippen molar-refractivity contribution < 1.29 is 23.5 Å². The van der Waals surface area contributed by atoms with Crippen molar-refractivity contribution in [2.24, 2.45) is 35.5 Å². The topological polar surface area (TPSA) is 63.7 Å². The highest BCUT2D eigenvalue weighted by Gasteiger charge is 2.67. The van der Waals surface area contributed by atoms with E-state index in [-0.39, 0.29) is 53.0 Å². The molecule has 3 fully saturated rings. The number of ketones is 1. The fourth-order valence-electron chi connectivity index (χ4n) is 5.90. The molecule has 33 heavy (non-hydrogen) atoms. The molecular formula is C25H18Cl2FNO4. The van der Waals surface area contributed by atoms with E-state index in [2.05, 4.69) is 12.2 Å². The molecule has 6 atom stereocenters. The molecule has 0 unspecified atom stereocenters. The van der Waals surface area contributed by atoms with Gasteiger partial charge in [0.25, 0.3) is 0 Å². The fourth-order valence-corrected chi connectivity index (χ4v) is 6.43. The molecule has 1 saturated heterocycles. The van der Waals surface area contributed by atoms with E-state index in [9.17, 15) is 14.4 Å². The Kier molecular flexibility index (Phi) is 4.68. The summed E-state index contributed by atoms with van der Waals surface area (Å²) in [6, 6.07) is 8.34. The van der Waals surface area contributed by atoms with Gasteiger partial charge in [0.2, 0.25) is 11.8 Å². The molecule has 0 aromatic heterocycles. The average molecular weight is 486 g/mol. The third-order valence-electron chi connectivity index (χ3n) is 7.38. The predicted molar refractivity (Wildman–Crippen MR) is 120 cm³/mol. The standard InChI is InChI=1S/C25H18Cl2FNO4/c26-12-5-11(6-13(27)7-12)21(30)10-33-14-1-4-20(19(28)8-14)29-24(31)22-15-2-3-16(18-9-17(15)18)23(22)25(29)32/h1-8,15-18,22-23H,9-10H2/t15-,16+,17+,18-,22-,23+. The van der Waals surface area contributed by atoms with Crippen molar-refractivity contribution in [3.05, 3.63) is 70.0 Å². The van der Waals surface area contributed by atoms with Gasteiger partial charge in [-0.2, -0.15) is 0 Å². The maximum absolute atomic E-state index is 15.0. The summed E-state index contributed by atoms with van der Waals surface area (Å²) < 4.78 is 20.5. The minimum Gasteiger partial charge on any atom is -0.485 e. The number of anilines is 1. The van der Waals surface area contributed by atoms with E-state index in [1.165, 1.54) is 30.3 Å². The van der Waals surface area contributed by atoms with Crippen LogP contribution in [0.2, 0.25) is 10.0 Å². The lowest BCUT2D eigenvalue weighted by Gasteiger charge is -2.37. The summed E-state index contributed by atoms with van der Waals surface area (Å²) in [5.74, 6) is -1.36. The molecule has 5 nitrogen and oxygen atoms in total. The van der Waals surface area contributed by atoms with Gasteiger partial charge in [-0.05, 0) is 60.4 Å². The number of hydrogen-bond acceptors (Lipinski definition) is 4. The Hall–Kier alpha value is -2.70. The molecule has 2 aromatic carbocycles. The fraction of sp³-hybridized carbons (Fsp3) is 0.320. The number of imide groups is 1. The second-order valence-electron chi connectivity index (χ2n) is 9.15. The lowest BCUT2D eigenvalue weighted by atomic mass is 9.63. The van der Waals surface area contributed by atoms with Gasteiger partial charge < -0.3 is 4.74 Å². The van der Waals surface area contributed by atoms with Crippen molar-refractivity contribution in [1.82, 2.24) is 0 Å². The summed E-state index contributed by atoms with van der Waals surface area (Å²) in [5.41, 5.74) is 0.203. The highest BCUT2D eigenvalue weighted by atomic mass is 35.5. The number of allylic oxidation sites excluding steroid dienone is 2. The van der Waals surface area contributed by atoms with E-state index >= 15 is 4.39 Å². The quantitative estimate of drug-likeness (QED) is 0.341. The Labute approximate surface area is 199 Å². The average Bonchev–Trinajstić information content (AvgIpc) is 3.56. The van der Waals surface area contributed by atoms with Gasteiger partial charge in [0, 0.05) is 21.7 Å².